The molecule has 0 aromatic heterocycles. The molecule has 1 aliphatic rings. The molecule has 1 heterocycles. The first-order valence-corrected chi connectivity index (χ1v) is 22.7. The van der Waals surface area contributed by atoms with E-state index in [1.165, 1.54) is 96.3 Å². The Morgan fingerprint density at radius 3 is 1.61 bits per heavy atom. The number of carbonyl (C=O) groups is 1. The lowest BCUT2D eigenvalue weighted by Gasteiger charge is -2.39. The third kappa shape index (κ3) is 29.4. The van der Waals surface area contributed by atoms with Crippen LogP contribution in [0.3, 0.4) is 0 Å². The van der Waals surface area contributed by atoms with Crippen molar-refractivity contribution in [3.8, 4) is 0 Å². The average Bonchev–Trinajstić information content (AvgIpc) is 3.20. The molecule has 1 rings (SSSR count). The van der Waals surface area contributed by atoms with E-state index in [1.807, 2.05) is 0 Å². The fraction of sp³-hybridized carbons (Fsp3) is 0.809. The maximum Gasteiger partial charge on any atom is 0.306 e. The lowest BCUT2D eigenvalue weighted by molar-refractivity contribution is -0.305. The highest BCUT2D eigenvalue weighted by atomic mass is 16.7. The predicted molar refractivity (Wildman–Crippen MR) is 228 cm³/mol. The maximum atomic E-state index is 12.8. The highest BCUT2D eigenvalue weighted by Crippen LogP contribution is 2.22. The number of allylic oxidation sites excluding steroid dienone is 8. The Morgan fingerprint density at radius 2 is 1.07 bits per heavy atom. The van der Waals surface area contributed by atoms with Crippen molar-refractivity contribution in [1.82, 2.24) is 0 Å². The molecule has 1 fully saturated rings. The summed E-state index contributed by atoms with van der Waals surface area (Å²) >= 11 is 0. The van der Waals surface area contributed by atoms with E-state index in [4.69, 9.17) is 18.9 Å². The molecule has 1 aliphatic heterocycles. The fourth-order valence-corrected chi connectivity index (χ4v) is 6.62. The summed E-state index contributed by atoms with van der Waals surface area (Å²) in [5.74, 6) is -0.323. The van der Waals surface area contributed by atoms with Crippen LogP contribution >= 0.6 is 0 Å². The summed E-state index contributed by atoms with van der Waals surface area (Å²) in [6.45, 7) is 4.44. The van der Waals surface area contributed by atoms with Crippen LogP contribution in [-0.2, 0) is 23.7 Å². The van der Waals surface area contributed by atoms with E-state index < -0.39 is 43.4 Å². The van der Waals surface area contributed by atoms with Crippen molar-refractivity contribution in [1.29, 1.82) is 0 Å². The van der Waals surface area contributed by atoms with Gasteiger partial charge in [-0.2, -0.15) is 0 Å². The number of esters is 1. The van der Waals surface area contributed by atoms with E-state index in [0.717, 1.165) is 64.2 Å². The molecule has 0 amide bonds. The van der Waals surface area contributed by atoms with E-state index in [0.29, 0.717) is 13.0 Å². The molecule has 0 radical (unpaired) electrons. The van der Waals surface area contributed by atoms with Gasteiger partial charge in [0.15, 0.2) is 6.29 Å². The number of aliphatic hydroxyl groups is 4. The number of hydrogen-bond acceptors (Lipinski definition) is 9. The SMILES string of the molecule is CCC/C=C\C/C=C\CCCCCCCCOCC(COC1OC(CO)C(O)C(O)C1O)OC(=O)CCCCCCCCCCC/C=C\C/C=C\CCCCC. The Morgan fingerprint density at radius 1 is 0.571 bits per heavy atom. The number of aliphatic hydroxyl groups excluding tert-OH is 4. The lowest BCUT2D eigenvalue weighted by atomic mass is 9.99. The first-order valence-electron chi connectivity index (χ1n) is 22.7. The molecule has 9 nitrogen and oxygen atoms in total. The van der Waals surface area contributed by atoms with Crippen molar-refractivity contribution >= 4 is 5.97 Å². The smallest absolute Gasteiger partial charge is 0.306 e. The van der Waals surface area contributed by atoms with Gasteiger partial charge in [0.2, 0.25) is 0 Å². The zero-order valence-corrected chi connectivity index (χ0v) is 35.6. The fourth-order valence-electron chi connectivity index (χ4n) is 6.62. The van der Waals surface area contributed by atoms with Gasteiger partial charge in [0.1, 0.15) is 30.5 Å². The minimum atomic E-state index is -1.54. The molecule has 0 saturated carbocycles. The first kappa shape index (κ1) is 52.2. The molecule has 1 saturated heterocycles. The number of unbranched alkanes of at least 4 members (excludes halogenated alkanes) is 19. The topological polar surface area (TPSA) is 135 Å². The van der Waals surface area contributed by atoms with Crippen LogP contribution in [-0.4, -0.2) is 89.6 Å². The van der Waals surface area contributed by atoms with E-state index in [1.54, 1.807) is 0 Å². The van der Waals surface area contributed by atoms with Crippen LogP contribution in [0.4, 0.5) is 0 Å². The largest absolute Gasteiger partial charge is 0.457 e. The van der Waals surface area contributed by atoms with Crippen molar-refractivity contribution in [3.05, 3.63) is 48.6 Å². The van der Waals surface area contributed by atoms with Crippen LogP contribution in [0.15, 0.2) is 48.6 Å². The predicted octanol–water partition coefficient (Wildman–Crippen LogP) is 10.1. The van der Waals surface area contributed by atoms with Gasteiger partial charge in [-0.05, 0) is 70.6 Å². The summed E-state index contributed by atoms with van der Waals surface area (Å²) in [5, 5.41) is 40.1. The second-order valence-corrected chi connectivity index (χ2v) is 15.5. The Bertz CT molecular complexity index is 994. The van der Waals surface area contributed by atoms with E-state index in [2.05, 4.69) is 62.5 Å². The molecule has 6 unspecified atom stereocenters. The van der Waals surface area contributed by atoms with Gasteiger partial charge < -0.3 is 39.4 Å². The summed E-state index contributed by atoms with van der Waals surface area (Å²) in [7, 11) is 0. The number of hydrogen-bond donors (Lipinski definition) is 4. The lowest BCUT2D eigenvalue weighted by Crippen LogP contribution is -2.59. The van der Waals surface area contributed by atoms with Gasteiger partial charge in [-0.1, -0.05) is 152 Å². The Kier molecular flexibility index (Phi) is 36.0. The molecule has 4 N–H and O–H groups in total. The normalized spacial score (nSPS) is 21.0. The molecular formula is C47H84O9. The van der Waals surface area contributed by atoms with Crippen molar-refractivity contribution in [2.45, 2.75) is 218 Å². The van der Waals surface area contributed by atoms with Gasteiger partial charge in [-0.25, -0.2) is 0 Å². The van der Waals surface area contributed by atoms with Gasteiger partial charge in [0.05, 0.1) is 19.8 Å². The van der Waals surface area contributed by atoms with Crippen LogP contribution in [0.1, 0.15) is 181 Å². The van der Waals surface area contributed by atoms with Gasteiger partial charge in [-0.3, -0.25) is 4.79 Å². The summed E-state index contributed by atoms with van der Waals surface area (Å²) in [5.41, 5.74) is 0. The second kappa shape index (κ2) is 38.7. The summed E-state index contributed by atoms with van der Waals surface area (Å²) < 4.78 is 22.8. The number of carbonyl (C=O) groups excluding carboxylic acids is 1. The van der Waals surface area contributed by atoms with E-state index in [9.17, 15) is 25.2 Å². The Labute approximate surface area is 342 Å². The number of ether oxygens (including phenoxy) is 4. The molecule has 326 valence electrons. The van der Waals surface area contributed by atoms with Gasteiger partial charge in [-0.15, -0.1) is 0 Å². The summed E-state index contributed by atoms with van der Waals surface area (Å²) in [6.07, 6.45) is 39.9. The molecule has 56 heavy (non-hydrogen) atoms. The first-order chi connectivity index (χ1) is 27.4. The quantitative estimate of drug-likeness (QED) is 0.0274. The molecule has 6 atom stereocenters. The van der Waals surface area contributed by atoms with Gasteiger partial charge >= 0.3 is 5.97 Å². The minimum Gasteiger partial charge on any atom is -0.457 e. The molecule has 0 aromatic rings. The Balaban J connectivity index is 2.26. The molecule has 9 heteroatoms. The van der Waals surface area contributed by atoms with Crippen LogP contribution in [0.2, 0.25) is 0 Å². The molecule has 0 spiro atoms. The van der Waals surface area contributed by atoms with Crippen molar-refractivity contribution in [2.24, 2.45) is 0 Å². The molecule has 0 bridgehead atoms. The van der Waals surface area contributed by atoms with E-state index in [-0.39, 0.29) is 19.2 Å². The van der Waals surface area contributed by atoms with Crippen LogP contribution in [0.5, 0.6) is 0 Å². The maximum absolute atomic E-state index is 12.8. The molecular weight excluding hydrogens is 709 g/mol. The molecule has 0 aliphatic carbocycles. The Hall–Kier alpha value is -1.85. The van der Waals surface area contributed by atoms with Crippen LogP contribution in [0, 0.1) is 0 Å². The average molecular weight is 793 g/mol. The zero-order chi connectivity index (χ0) is 40.7. The van der Waals surface area contributed by atoms with Gasteiger partial charge in [0.25, 0.3) is 0 Å². The third-order valence-electron chi connectivity index (χ3n) is 10.2. The van der Waals surface area contributed by atoms with E-state index >= 15 is 0 Å². The third-order valence-corrected chi connectivity index (χ3v) is 10.2. The number of rotatable bonds is 38. The van der Waals surface area contributed by atoms with Crippen LogP contribution < -0.4 is 0 Å². The molecule has 0 aromatic carbocycles. The zero-order valence-electron chi connectivity index (χ0n) is 35.6. The van der Waals surface area contributed by atoms with Crippen LogP contribution in [0.25, 0.3) is 0 Å². The highest BCUT2D eigenvalue weighted by molar-refractivity contribution is 5.69. The summed E-state index contributed by atoms with van der Waals surface area (Å²) in [4.78, 5) is 12.8. The highest BCUT2D eigenvalue weighted by Gasteiger charge is 2.44. The van der Waals surface area contributed by atoms with Gasteiger partial charge in [0, 0.05) is 13.0 Å². The second-order valence-electron chi connectivity index (χ2n) is 15.5. The van der Waals surface area contributed by atoms with Crippen molar-refractivity contribution in [3.63, 3.8) is 0 Å². The van der Waals surface area contributed by atoms with Crippen molar-refractivity contribution in [2.75, 3.05) is 26.4 Å². The monoisotopic (exact) mass is 793 g/mol. The summed E-state index contributed by atoms with van der Waals surface area (Å²) in [6, 6.07) is 0. The van der Waals surface area contributed by atoms with Crippen molar-refractivity contribution < 1.29 is 44.2 Å². The minimum absolute atomic E-state index is 0.120. The standard InChI is InChI=1S/C47H84O9/c1-3-5-7-9-11-13-15-17-19-20-21-22-23-24-26-28-30-32-34-36-43(49)55-41(40-54-47-46(52)45(51)44(50)42(38-48)56-47)39-53-37-35-33-31-29-27-25-18-16-14-12-10-8-6-4-2/h8,10-11,13-14,16-17,19,41-42,44-48,50-52H,3-7,9,12,15,18,20-40H2,1-2H3/b10-8-,13-11-,16-14-,19-17-.